The highest BCUT2D eigenvalue weighted by Gasteiger charge is 2.44. The first-order valence-electron chi connectivity index (χ1n) is 15.6. The molecule has 0 aliphatic carbocycles. The zero-order valence-electron chi connectivity index (χ0n) is 25.8. The molecule has 0 spiro atoms. The number of aryl methyl sites for hydroxylation is 1. The van der Waals surface area contributed by atoms with Gasteiger partial charge < -0.3 is 23.7 Å². The fourth-order valence-corrected chi connectivity index (χ4v) is 6.02. The molecule has 0 N–H and O–H groups in total. The quantitative estimate of drug-likeness (QED) is 0.204. The third-order valence-corrected chi connectivity index (χ3v) is 8.61. The Bertz CT molecular complexity index is 1710. The summed E-state index contributed by atoms with van der Waals surface area (Å²) in [6.07, 6.45) is 6.96. The minimum atomic E-state index is -1.05. The van der Waals surface area contributed by atoms with Crippen LogP contribution in [0.2, 0.25) is 0 Å². The Hall–Kier alpha value is -4.64. The van der Waals surface area contributed by atoms with Crippen molar-refractivity contribution in [1.82, 2.24) is 24.4 Å². The first-order valence-corrected chi connectivity index (χ1v) is 15.6. The summed E-state index contributed by atoms with van der Waals surface area (Å²) in [4.78, 5) is 18.4. The molecule has 2 unspecified atom stereocenters. The van der Waals surface area contributed by atoms with E-state index in [1.54, 1.807) is 24.7 Å². The van der Waals surface area contributed by atoms with Crippen molar-refractivity contribution in [2.45, 2.75) is 31.9 Å². The highest BCUT2D eigenvalue weighted by atomic mass is 19.1. The largest absolute Gasteiger partial charge is 0.491 e. The molecule has 0 saturated carbocycles. The summed E-state index contributed by atoms with van der Waals surface area (Å²) in [5, 5.41) is 0. The number of anilines is 1. The third kappa shape index (κ3) is 6.79. The number of piperazine rings is 1. The molecule has 236 valence electrons. The van der Waals surface area contributed by atoms with Gasteiger partial charge in [-0.05, 0) is 43.3 Å². The fraction of sp³-hybridized carbons (Fsp3) is 0.306. The maximum atomic E-state index is 13.6. The normalized spacial score (nSPS) is 20.2. The van der Waals surface area contributed by atoms with Crippen molar-refractivity contribution < 1.29 is 18.6 Å². The first-order chi connectivity index (χ1) is 22.5. The SMILES string of the molecule is Cc1nc(-c2ccccc2)ncc1CN1CCN(c2ccc(OCC3COC(Cn4ccnc4)(c4ccc(F)cc4)O3)cc2)CC1. The Morgan fingerprint density at radius 3 is 2.46 bits per heavy atom. The average Bonchev–Trinajstić information content (AvgIpc) is 3.77. The smallest absolute Gasteiger partial charge is 0.214 e. The van der Waals surface area contributed by atoms with Crippen LogP contribution in [0.4, 0.5) is 10.1 Å². The van der Waals surface area contributed by atoms with Gasteiger partial charge in [0.1, 0.15) is 24.3 Å². The topological polar surface area (TPSA) is 77.8 Å². The second-order valence-electron chi connectivity index (χ2n) is 11.8. The van der Waals surface area contributed by atoms with Gasteiger partial charge in [-0.3, -0.25) is 4.90 Å². The van der Waals surface area contributed by atoms with Gasteiger partial charge in [-0.25, -0.2) is 19.3 Å². The van der Waals surface area contributed by atoms with E-state index in [4.69, 9.17) is 19.2 Å². The summed E-state index contributed by atoms with van der Waals surface area (Å²) in [6.45, 7) is 7.81. The molecular weight excluding hydrogens is 583 g/mol. The van der Waals surface area contributed by atoms with Crippen LogP contribution in [-0.4, -0.2) is 69.9 Å². The van der Waals surface area contributed by atoms with E-state index in [2.05, 4.69) is 38.8 Å². The molecule has 9 nitrogen and oxygen atoms in total. The molecule has 0 radical (unpaired) electrons. The zero-order chi connectivity index (χ0) is 31.3. The molecule has 5 aromatic rings. The molecule has 2 saturated heterocycles. The second kappa shape index (κ2) is 13.4. The third-order valence-electron chi connectivity index (χ3n) is 8.61. The lowest BCUT2D eigenvalue weighted by Gasteiger charge is -2.36. The lowest BCUT2D eigenvalue weighted by atomic mass is 10.1. The van der Waals surface area contributed by atoms with Crippen LogP contribution in [0.1, 0.15) is 16.8 Å². The molecule has 2 aliphatic heterocycles. The molecule has 10 heteroatoms. The van der Waals surface area contributed by atoms with Crippen LogP contribution in [0.25, 0.3) is 11.4 Å². The number of hydrogen-bond donors (Lipinski definition) is 0. The highest BCUT2D eigenvalue weighted by molar-refractivity contribution is 5.54. The summed E-state index contributed by atoms with van der Waals surface area (Å²) in [5.74, 6) is 0.187. The Balaban J connectivity index is 0.906. The number of nitrogens with zero attached hydrogens (tertiary/aromatic N) is 6. The molecule has 7 rings (SSSR count). The van der Waals surface area contributed by atoms with E-state index >= 15 is 0 Å². The van der Waals surface area contributed by atoms with Crippen molar-refractivity contribution in [3.05, 3.63) is 126 Å². The van der Waals surface area contributed by atoms with Crippen molar-refractivity contribution in [3.63, 3.8) is 0 Å². The lowest BCUT2D eigenvalue weighted by Crippen LogP contribution is -2.46. The summed E-state index contributed by atoms with van der Waals surface area (Å²) < 4.78 is 34.3. The molecule has 4 heterocycles. The Morgan fingerprint density at radius 1 is 0.957 bits per heavy atom. The van der Waals surface area contributed by atoms with Gasteiger partial charge in [0, 0.05) is 79.4 Å². The molecule has 0 bridgehead atoms. The molecule has 3 aromatic carbocycles. The van der Waals surface area contributed by atoms with Gasteiger partial charge in [0.25, 0.3) is 0 Å². The van der Waals surface area contributed by atoms with E-state index in [0.717, 1.165) is 61.1 Å². The number of benzene rings is 3. The average molecular weight is 621 g/mol. The number of hydrogen-bond acceptors (Lipinski definition) is 8. The number of halogens is 1. The van der Waals surface area contributed by atoms with Gasteiger partial charge in [-0.15, -0.1) is 0 Å². The molecule has 2 aliphatic rings. The minimum Gasteiger partial charge on any atom is -0.491 e. The van der Waals surface area contributed by atoms with Crippen molar-refractivity contribution >= 4 is 5.69 Å². The summed E-state index contributed by atoms with van der Waals surface area (Å²) in [7, 11) is 0. The van der Waals surface area contributed by atoms with Crippen molar-refractivity contribution in [3.8, 4) is 17.1 Å². The maximum absolute atomic E-state index is 13.6. The monoisotopic (exact) mass is 620 g/mol. The van der Waals surface area contributed by atoms with Gasteiger partial charge in [0.05, 0.1) is 19.5 Å². The Kier molecular flexibility index (Phi) is 8.74. The summed E-state index contributed by atoms with van der Waals surface area (Å²) >= 11 is 0. The minimum absolute atomic E-state index is 0.287. The van der Waals surface area contributed by atoms with E-state index < -0.39 is 5.79 Å². The van der Waals surface area contributed by atoms with Gasteiger partial charge in [-0.1, -0.05) is 42.5 Å². The first kappa shape index (κ1) is 30.0. The van der Waals surface area contributed by atoms with Gasteiger partial charge in [-0.2, -0.15) is 0 Å². The van der Waals surface area contributed by atoms with Crippen molar-refractivity contribution in [1.29, 1.82) is 0 Å². The Morgan fingerprint density at radius 2 is 1.74 bits per heavy atom. The number of ether oxygens (including phenoxy) is 3. The van der Waals surface area contributed by atoms with Gasteiger partial charge in [0.15, 0.2) is 5.82 Å². The van der Waals surface area contributed by atoms with Crippen molar-refractivity contribution in [2.75, 3.05) is 44.3 Å². The van der Waals surface area contributed by atoms with Crippen LogP contribution in [0.15, 0.2) is 104 Å². The Labute approximate surface area is 268 Å². The van der Waals surface area contributed by atoms with Crippen LogP contribution in [0, 0.1) is 12.7 Å². The number of rotatable bonds is 10. The molecule has 2 fully saturated rings. The molecule has 2 aromatic heterocycles. The predicted molar refractivity (Wildman–Crippen MR) is 173 cm³/mol. The molecular formula is C36H37FN6O3. The highest BCUT2D eigenvalue weighted by Crippen LogP contribution is 2.36. The summed E-state index contributed by atoms with van der Waals surface area (Å²) in [6, 6.07) is 24.6. The molecule has 0 amide bonds. The van der Waals surface area contributed by atoms with Crippen LogP contribution >= 0.6 is 0 Å². The van der Waals surface area contributed by atoms with Gasteiger partial charge in [0.2, 0.25) is 5.79 Å². The van der Waals surface area contributed by atoms with Crippen molar-refractivity contribution in [2.24, 2.45) is 0 Å². The van der Waals surface area contributed by atoms with E-state index in [1.807, 2.05) is 59.4 Å². The van der Waals surface area contributed by atoms with E-state index in [-0.39, 0.29) is 11.9 Å². The number of imidazole rings is 1. The second-order valence-corrected chi connectivity index (χ2v) is 11.8. The van der Waals surface area contributed by atoms with E-state index in [0.29, 0.717) is 19.8 Å². The van der Waals surface area contributed by atoms with Crippen LogP contribution < -0.4 is 9.64 Å². The van der Waals surface area contributed by atoms with E-state index in [9.17, 15) is 4.39 Å². The standard InChI is InChI=1S/C36H37FN6O3/c1-27-29(21-39-35(40-27)28-5-3-2-4-6-28)22-41-17-19-43(20-18-41)32-11-13-33(14-12-32)44-23-34-24-45-36(46-34,25-42-16-15-38-26-42)30-7-9-31(37)10-8-30/h2-16,21,26,34H,17-20,22-25H2,1H3. The fourth-order valence-electron chi connectivity index (χ4n) is 6.02. The number of aromatic nitrogens is 4. The lowest BCUT2D eigenvalue weighted by molar-refractivity contribution is -0.189. The van der Waals surface area contributed by atoms with E-state index in [1.165, 1.54) is 23.4 Å². The zero-order valence-corrected chi connectivity index (χ0v) is 25.8. The molecule has 2 atom stereocenters. The van der Waals surface area contributed by atoms with Crippen LogP contribution in [0.5, 0.6) is 5.75 Å². The van der Waals surface area contributed by atoms with Crippen LogP contribution in [0.3, 0.4) is 0 Å². The predicted octanol–water partition coefficient (Wildman–Crippen LogP) is 5.46. The maximum Gasteiger partial charge on any atom is 0.214 e. The molecule has 46 heavy (non-hydrogen) atoms. The van der Waals surface area contributed by atoms with Crippen LogP contribution in [-0.2, 0) is 28.4 Å². The summed E-state index contributed by atoms with van der Waals surface area (Å²) in [5.41, 5.74) is 5.16. The van der Waals surface area contributed by atoms with Gasteiger partial charge >= 0.3 is 0 Å².